The van der Waals surface area contributed by atoms with Gasteiger partial charge in [0.15, 0.2) is 49.6 Å². The molecule has 4 saturated heterocycles. The zero-order chi connectivity index (χ0) is 63.8. The number of Topliss-reactive ketones (excluding diaryl/α,β-unsaturated/α-hetero) is 1. The second kappa shape index (κ2) is 41.7. The third-order valence-corrected chi connectivity index (χ3v) is 15.8. The van der Waals surface area contributed by atoms with Gasteiger partial charge in [-0.05, 0) is 65.6 Å². The smallest absolute Gasteiger partial charge is 0.303 e. The molecule has 7 N–H and O–H groups in total. The number of rotatable bonds is 42. The first-order valence-corrected chi connectivity index (χ1v) is 31.9. The average Bonchev–Trinajstić information content (AvgIpc) is 0.991. The highest BCUT2D eigenvalue weighted by Gasteiger charge is 2.54. The van der Waals surface area contributed by atoms with Crippen LogP contribution in [-0.2, 0) is 85.6 Å². The highest BCUT2D eigenvalue weighted by Crippen LogP contribution is 2.34. The molecule has 4 rings (SSSR count). The Hall–Kier alpha value is -3.58. The van der Waals surface area contributed by atoms with Crippen LogP contribution in [0.1, 0.15) is 189 Å². The zero-order valence-electron chi connectivity index (χ0n) is 52.6. The molecule has 0 aromatic rings. The largest absolute Gasteiger partial charge is 0.457 e. The fourth-order valence-corrected chi connectivity index (χ4v) is 11.1. The van der Waals surface area contributed by atoms with Crippen LogP contribution in [0, 0.1) is 0 Å². The first-order chi connectivity index (χ1) is 41.6. The molecule has 0 aliphatic carbocycles. The number of hydrogen-bond donors (Lipinski definition) is 7. The van der Waals surface area contributed by atoms with E-state index in [1.807, 2.05) is 6.92 Å². The summed E-state index contributed by atoms with van der Waals surface area (Å²) in [7, 11) is 4.15. The topological polar surface area (TPSA) is 350 Å². The quantitative estimate of drug-likeness (QED) is 0.0261. The van der Waals surface area contributed by atoms with E-state index in [0.29, 0.717) is 44.9 Å². The van der Waals surface area contributed by atoms with E-state index in [1.54, 1.807) is 0 Å². The van der Waals surface area contributed by atoms with Gasteiger partial charge >= 0.3 is 23.9 Å². The van der Waals surface area contributed by atoms with Crippen molar-refractivity contribution in [3.05, 3.63) is 0 Å². The second-order valence-corrected chi connectivity index (χ2v) is 23.8. The van der Waals surface area contributed by atoms with Crippen LogP contribution in [0.2, 0.25) is 0 Å². The van der Waals surface area contributed by atoms with Crippen LogP contribution < -0.4 is 5.32 Å². The van der Waals surface area contributed by atoms with Crippen LogP contribution in [0.15, 0.2) is 0 Å². The summed E-state index contributed by atoms with van der Waals surface area (Å²) in [6.45, 7) is 6.39. The van der Waals surface area contributed by atoms with Crippen molar-refractivity contribution >= 4 is 35.6 Å². The molecule has 4 fully saturated rings. The molecule has 1 amide bonds. The Morgan fingerprint density at radius 1 is 0.471 bits per heavy atom. The first kappa shape index (κ1) is 75.9. The molecule has 4 heterocycles. The molecular formula is C61H106N2O24. The van der Waals surface area contributed by atoms with Gasteiger partial charge in [0.05, 0.1) is 38.6 Å². The van der Waals surface area contributed by atoms with Crippen molar-refractivity contribution in [2.24, 2.45) is 0 Å². The van der Waals surface area contributed by atoms with Crippen LogP contribution in [0.3, 0.4) is 0 Å². The van der Waals surface area contributed by atoms with E-state index < -0.39 is 154 Å². The molecule has 504 valence electrons. The van der Waals surface area contributed by atoms with Crippen molar-refractivity contribution in [2.45, 2.75) is 299 Å². The Kier molecular flexibility index (Phi) is 36.4. The highest BCUT2D eigenvalue weighted by atomic mass is 16.8. The molecule has 4 aliphatic heterocycles. The summed E-state index contributed by atoms with van der Waals surface area (Å²) >= 11 is 0. The minimum atomic E-state index is -1.93. The molecule has 18 atom stereocenters. The van der Waals surface area contributed by atoms with Crippen molar-refractivity contribution in [3.8, 4) is 0 Å². The van der Waals surface area contributed by atoms with E-state index in [1.165, 1.54) is 25.7 Å². The third kappa shape index (κ3) is 28.2. The van der Waals surface area contributed by atoms with E-state index in [9.17, 15) is 59.4 Å². The Labute approximate surface area is 513 Å². The Morgan fingerprint density at radius 2 is 0.931 bits per heavy atom. The lowest BCUT2D eigenvalue weighted by molar-refractivity contribution is -0.379. The van der Waals surface area contributed by atoms with Gasteiger partial charge in [-0.25, -0.2) is 0 Å². The molecule has 0 aromatic heterocycles. The van der Waals surface area contributed by atoms with Gasteiger partial charge in [0.25, 0.3) is 0 Å². The molecule has 0 radical (unpaired) electrons. The molecule has 26 heteroatoms. The van der Waals surface area contributed by atoms with Gasteiger partial charge < -0.3 is 97.7 Å². The number of aliphatic hydroxyl groups is 6. The normalized spacial score (nSPS) is 30.0. The highest BCUT2D eigenvalue weighted by molar-refractivity contribution is 5.78. The van der Waals surface area contributed by atoms with E-state index in [4.69, 9.17) is 56.8 Å². The minimum absolute atomic E-state index is 0.167. The fraction of sp³-hybridized carbons (Fsp3) is 0.902. The number of esters is 4. The van der Waals surface area contributed by atoms with Crippen molar-refractivity contribution in [2.75, 3.05) is 53.6 Å². The number of unbranched alkanes of at least 4 members (excludes halogenated alkanes) is 15. The van der Waals surface area contributed by atoms with E-state index in [0.717, 1.165) is 124 Å². The lowest BCUT2D eigenvalue weighted by Crippen LogP contribution is -2.64. The van der Waals surface area contributed by atoms with Crippen molar-refractivity contribution in [3.63, 3.8) is 0 Å². The summed E-state index contributed by atoms with van der Waals surface area (Å²) in [5.41, 5.74) is 0. The second-order valence-electron chi connectivity index (χ2n) is 23.8. The number of aliphatic hydroxyl groups excluding tert-OH is 6. The summed E-state index contributed by atoms with van der Waals surface area (Å²) in [5.74, 6) is -2.68. The van der Waals surface area contributed by atoms with Gasteiger partial charge in [-0.15, -0.1) is 0 Å². The first-order valence-electron chi connectivity index (χ1n) is 31.9. The monoisotopic (exact) mass is 1250 g/mol. The maximum absolute atomic E-state index is 12.7. The van der Waals surface area contributed by atoms with Crippen LogP contribution >= 0.6 is 0 Å². The van der Waals surface area contributed by atoms with Gasteiger partial charge in [0.2, 0.25) is 5.91 Å². The Bertz CT molecular complexity index is 1990. The van der Waals surface area contributed by atoms with E-state index in [2.05, 4.69) is 24.3 Å². The third-order valence-electron chi connectivity index (χ3n) is 15.8. The molecule has 26 nitrogen and oxygen atoms in total. The molecule has 0 saturated carbocycles. The number of ether oxygens (including phenoxy) is 12. The number of carbonyl (C=O) groups excluding carboxylic acids is 6. The average molecular weight is 1250 g/mol. The van der Waals surface area contributed by atoms with Gasteiger partial charge in [0, 0.05) is 53.5 Å². The predicted octanol–water partition coefficient (Wildman–Crippen LogP) is 3.47. The maximum Gasteiger partial charge on any atom is 0.303 e. The molecule has 0 unspecified atom stereocenters. The number of nitrogens with zero attached hydrogens (tertiary/aromatic N) is 1. The van der Waals surface area contributed by atoms with Crippen molar-refractivity contribution < 1.29 is 116 Å². The lowest BCUT2D eigenvalue weighted by atomic mass is 9.99. The lowest BCUT2D eigenvalue weighted by Gasteiger charge is -2.47. The molecule has 4 aliphatic rings. The summed E-state index contributed by atoms with van der Waals surface area (Å²) in [6.07, 6.45) is -5.61. The zero-order valence-corrected chi connectivity index (χ0v) is 52.6. The molecular weight excluding hydrogens is 1140 g/mol. The summed E-state index contributed by atoms with van der Waals surface area (Å²) in [6, 6.07) is 0. The number of amides is 1. The fourth-order valence-electron chi connectivity index (χ4n) is 11.1. The number of hydrogen-bond acceptors (Lipinski definition) is 25. The summed E-state index contributed by atoms with van der Waals surface area (Å²) < 4.78 is 69.2. The number of nitrogens with one attached hydrogen (secondary N) is 1. The number of carbonyl (C=O) groups is 6. The minimum Gasteiger partial charge on any atom is -0.457 e. The van der Waals surface area contributed by atoms with Crippen LogP contribution in [0.5, 0.6) is 0 Å². The maximum atomic E-state index is 12.7. The number of ketones is 1. The molecule has 0 aromatic carbocycles. The van der Waals surface area contributed by atoms with Gasteiger partial charge in [0.1, 0.15) is 54.6 Å². The Balaban J connectivity index is 1.23. The molecule has 0 spiro atoms. The van der Waals surface area contributed by atoms with Crippen LogP contribution in [0.25, 0.3) is 0 Å². The van der Waals surface area contributed by atoms with Gasteiger partial charge in [-0.1, -0.05) is 96.8 Å². The SMILES string of the molecule is CCC[C@H](O[C@@H]1OC[C@@H](O)[C@H](O[C@@H]2OC[C@@H](O[C@@H]3OC[C@H](OC(C)=O)[C@H](OC(C)=O)[C@H]3OC(C)=O)[C@H](O)[C@H]2O)[C@H]1O[C@@H]1OC[C@H](OC(C)=O)[C@H](O)[C@H]1O)[C@@H](O)CCCCCCCC(=O)CCCCCCCCCCCCC(=O)NCCCCCN(C)C. The van der Waals surface area contributed by atoms with E-state index in [-0.39, 0.29) is 18.3 Å². The molecule has 87 heavy (non-hydrogen) atoms. The van der Waals surface area contributed by atoms with Crippen molar-refractivity contribution in [1.82, 2.24) is 10.2 Å². The van der Waals surface area contributed by atoms with Crippen LogP contribution in [0.4, 0.5) is 0 Å². The standard InChI is InChI=1S/C61H106N2O24/c1-8-27-45(43(69)30-23-18-15-17-22-29-42(68)28-21-16-13-11-9-10-12-14-19-24-31-49(71)62-32-25-20-26-33-63(6)7)84-60-56(87-59-52(74)50(72)46(35-77-59)80-38(2)64)54(44(70)34-76-60)86-58-53(75)51(73)47(36-78-58)85-61-57(83-41(5)67)55(82-40(4)66)48(37-79-61)81-39(3)65/h43-48,50-61,69-70,72-75H,8-37H2,1-7H3,(H,62,71)/t43-,44+,45-,46-,47+,48-,50-,51-,52+,53+,54-,55-,56+,57+,58-,59-,60-,61-/m0/s1. The molecule has 0 bridgehead atoms. The van der Waals surface area contributed by atoms with E-state index >= 15 is 0 Å². The summed E-state index contributed by atoms with van der Waals surface area (Å²) in [4.78, 5) is 74.9. The predicted molar refractivity (Wildman–Crippen MR) is 310 cm³/mol. The summed E-state index contributed by atoms with van der Waals surface area (Å²) in [5, 5.41) is 71.2. The van der Waals surface area contributed by atoms with Gasteiger partial charge in [-0.3, -0.25) is 28.8 Å². The van der Waals surface area contributed by atoms with Crippen LogP contribution in [-0.4, -0.2) is 235 Å². The van der Waals surface area contributed by atoms with Gasteiger partial charge in [-0.2, -0.15) is 0 Å². The Morgan fingerprint density at radius 3 is 1.49 bits per heavy atom. The van der Waals surface area contributed by atoms with Crippen molar-refractivity contribution in [1.29, 1.82) is 0 Å².